The van der Waals surface area contributed by atoms with Gasteiger partial charge in [-0.15, -0.1) is 0 Å². The number of benzene rings is 2. The molecule has 0 aliphatic rings. The molecule has 0 saturated heterocycles. The van der Waals surface area contributed by atoms with Gasteiger partial charge in [-0.1, -0.05) is 18.2 Å². The third kappa shape index (κ3) is 3.92. The molecule has 1 unspecified atom stereocenters. The van der Waals surface area contributed by atoms with Crippen molar-refractivity contribution in [1.29, 1.82) is 0 Å². The summed E-state index contributed by atoms with van der Waals surface area (Å²) in [5.74, 6) is 0.104. The Labute approximate surface area is 141 Å². The number of halogens is 1. The van der Waals surface area contributed by atoms with Gasteiger partial charge in [-0.3, -0.25) is 0 Å². The zero-order valence-corrected chi connectivity index (χ0v) is 14.6. The quantitative estimate of drug-likeness (QED) is 0.831. The van der Waals surface area contributed by atoms with Crippen LogP contribution in [0.2, 0.25) is 0 Å². The molecule has 0 bridgehead atoms. The summed E-state index contributed by atoms with van der Waals surface area (Å²) in [4.78, 5) is 0.0929. The number of methoxy groups -OCH3 is 2. The molecule has 1 N–H and O–H groups in total. The zero-order valence-electron chi connectivity index (χ0n) is 13.7. The number of hydrogen-bond acceptors (Lipinski definition) is 4. The van der Waals surface area contributed by atoms with Crippen LogP contribution in [0.4, 0.5) is 4.39 Å². The molecule has 0 aliphatic carbocycles. The van der Waals surface area contributed by atoms with Crippen LogP contribution in [0.25, 0.3) is 0 Å². The minimum atomic E-state index is -3.76. The summed E-state index contributed by atoms with van der Waals surface area (Å²) >= 11 is 0. The molecule has 24 heavy (non-hydrogen) atoms. The summed E-state index contributed by atoms with van der Waals surface area (Å²) in [5.41, 5.74) is -0.852. The van der Waals surface area contributed by atoms with Gasteiger partial charge in [0.2, 0.25) is 10.0 Å². The molecule has 0 radical (unpaired) electrons. The van der Waals surface area contributed by atoms with E-state index in [0.717, 1.165) is 0 Å². The maximum absolute atomic E-state index is 14.0. The van der Waals surface area contributed by atoms with Crippen molar-refractivity contribution in [3.05, 3.63) is 59.9 Å². The topological polar surface area (TPSA) is 64.6 Å². The van der Waals surface area contributed by atoms with Gasteiger partial charge in [0.05, 0.1) is 12.0 Å². The average molecular weight is 353 g/mol. The summed E-state index contributed by atoms with van der Waals surface area (Å²) in [6.07, 6.45) is 0. The highest BCUT2D eigenvalue weighted by Gasteiger charge is 2.31. The summed E-state index contributed by atoms with van der Waals surface area (Å²) < 4.78 is 51.7. The van der Waals surface area contributed by atoms with Gasteiger partial charge in [-0.2, -0.15) is 0 Å². The van der Waals surface area contributed by atoms with E-state index in [4.69, 9.17) is 9.47 Å². The second-order valence-electron chi connectivity index (χ2n) is 5.41. The van der Waals surface area contributed by atoms with Gasteiger partial charge in [0, 0.05) is 19.2 Å². The Morgan fingerprint density at radius 2 is 1.71 bits per heavy atom. The Morgan fingerprint density at radius 1 is 1.08 bits per heavy atom. The van der Waals surface area contributed by atoms with Gasteiger partial charge in [-0.25, -0.2) is 17.5 Å². The minimum absolute atomic E-state index is 0.0929. The largest absolute Gasteiger partial charge is 0.497 e. The molecule has 2 aromatic carbocycles. The molecule has 0 amide bonds. The van der Waals surface area contributed by atoms with Crippen LogP contribution in [-0.2, 0) is 20.4 Å². The third-order valence-electron chi connectivity index (χ3n) is 3.86. The molecule has 0 spiro atoms. The van der Waals surface area contributed by atoms with Gasteiger partial charge in [0.25, 0.3) is 0 Å². The number of sulfonamides is 1. The van der Waals surface area contributed by atoms with E-state index in [2.05, 4.69) is 4.72 Å². The Balaban J connectivity index is 2.21. The summed E-state index contributed by atoms with van der Waals surface area (Å²) in [6, 6.07) is 12.1. The Bertz CT molecular complexity index is 792. The molecule has 0 fully saturated rings. The molecule has 1 atom stereocenters. The monoisotopic (exact) mass is 353 g/mol. The highest BCUT2D eigenvalue weighted by atomic mass is 32.2. The predicted octanol–water partition coefficient (Wildman–Crippen LogP) is 2.67. The molecular formula is C17H20FNO4S. The van der Waals surface area contributed by atoms with Crippen LogP contribution < -0.4 is 9.46 Å². The van der Waals surface area contributed by atoms with Gasteiger partial charge in [0.15, 0.2) is 0 Å². The van der Waals surface area contributed by atoms with E-state index in [1.165, 1.54) is 32.4 Å². The van der Waals surface area contributed by atoms with E-state index < -0.39 is 21.4 Å². The highest BCUT2D eigenvalue weighted by Crippen LogP contribution is 2.27. The number of ether oxygens (including phenoxy) is 2. The van der Waals surface area contributed by atoms with Crippen molar-refractivity contribution >= 4 is 10.0 Å². The zero-order chi connectivity index (χ0) is 17.8. The first kappa shape index (κ1) is 18.4. The van der Waals surface area contributed by atoms with Crippen LogP contribution in [0.15, 0.2) is 53.4 Å². The molecule has 0 aliphatic heterocycles. The fourth-order valence-corrected chi connectivity index (χ4v) is 3.36. The molecule has 2 rings (SSSR count). The lowest BCUT2D eigenvalue weighted by atomic mass is 9.95. The second kappa shape index (κ2) is 7.29. The number of rotatable bonds is 7. The molecular weight excluding hydrogens is 333 g/mol. The lowest BCUT2D eigenvalue weighted by Gasteiger charge is -2.29. The number of hydrogen-bond donors (Lipinski definition) is 1. The average Bonchev–Trinajstić information content (AvgIpc) is 2.60. The van der Waals surface area contributed by atoms with Crippen molar-refractivity contribution in [2.45, 2.75) is 17.4 Å². The van der Waals surface area contributed by atoms with E-state index in [1.54, 1.807) is 37.3 Å². The maximum atomic E-state index is 14.0. The van der Waals surface area contributed by atoms with E-state index in [0.29, 0.717) is 5.75 Å². The first-order valence-electron chi connectivity index (χ1n) is 7.26. The standard InChI is InChI=1S/C17H20FNO4S/c1-17(23-3,15-6-4-5-7-16(15)18)12-19-24(20,21)14-10-8-13(22-2)9-11-14/h4-11,19H,12H2,1-3H3. The number of nitrogens with one attached hydrogen (secondary N) is 1. The summed E-state index contributed by atoms with van der Waals surface area (Å²) in [7, 11) is -0.846. The SMILES string of the molecule is COc1ccc(S(=O)(=O)NCC(C)(OC)c2ccccc2F)cc1. The van der Waals surface area contributed by atoms with Crippen LogP contribution in [0.5, 0.6) is 5.75 Å². The molecule has 7 heteroatoms. The smallest absolute Gasteiger partial charge is 0.240 e. The molecule has 0 heterocycles. The van der Waals surface area contributed by atoms with Gasteiger partial charge in [0.1, 0.15) is 17.2 Å². The van der Waals surface area contributed by atoms with E-state index in [9.17, 15) is 12.8 Å². The van der Waals surface area contributed by atoms with Crippen molar-refractivity contribution in [3.63, 3.8) is 0 Å². The van der Waals surface area contributed by atoms with Crippen LogP contribution in [0.1, 0.15) is 12.5 Å². The van der Waals surface area contributed by atoms with E-state index in [-0.39, 0.29) is 17.0 Å². The molecule has 2 aromatic rings. The minimum Gasteiger partial charge on any atom is -0.497 e. The predicted molar refractivity (Wildman–Crippen MR) is 88.9 cm³/mol. The Hall–Kier alpha value is -1.96. The summed E-state index contributed by atoms with van der Waals surface area (Å²) in [6.45, 7) is 1.51. The lowest BCUT2D eigenvalue weighted by molar-refractivity contribution is 0.00410. The Kier molecular flexibility index (Phi) is 5.58. The van der Waals surface area contributed by atoms with Gasteiger partial charge in [-0.05, 0) is 37.3 Å². The van der Waals surface area contributed by atoms with E-state index in [1.807, 2.05) is 0 Å². The fourth-order valence-electron chi connectivity index (χ4n) is 2.24. The van der Waals surface area contributed by atoms with Crippen LogP contribution in [0, 0.1) is 5.82 Å². The summed E-state index contributed by atoms with van der Waals surface area (Å²) in [5, 5.41) is 0. The second-order valence-corrected chi connectivity index (χ2v) is 7.18. The third-order valence-corrected chi connectivity index (χ3v) is 5.28. The van der Waals surface area contributed by atoms with Crippen molar-refractivity contribution in [2.75, 3.05) is 20.8 Å². The normalized spacial score (nSPS) is 14.2. The van der Waals surface area contributed by atoms with Crippen LogP contribution in [0.3, 0.4) is 0 Å². The molecule has 5 nitrogen and oxygen atoms in total. The highest BCUT2D eigenvalue weighted by molar-refractivity contribution is 7.89. The first-order chi connectivity index (χ1) is 11.3. The first-order valence-corrected chi connectivity index (χ1v) is 8.74. The lowest BCUT2D eigenvalue weighted by Crippen LogP contribution is -2.40. The van der Waals surface area contributed by atoms with Crippen molar-refractivity contribution in [3.8, 4) is 5.75 Å². The Morgan fingerprint density at radius 3 is 2.25 bits per heavy atom. The maximum Gasteiger partial charge on any atom is 0.240 e. The fraction of sp³-hybridized carbons (Fsp3) is 0.294. The molecule has 0 aromatic heterocycles. The van der Waals surface area contributed by atoms with Gasteiger partial charge >= 0.3 is 0 Å². The van der Waals surface area contributed by atoms with E-state index >= 15 is 0 Å². The van der Waals surface area contributed by atoms with Crippen molar-refractivity contribution in [2.24, 2.45) is 0 Å². The van der Waals surface area contributed by atoms with Gasteiger partial charge < -0.3 is 9.47 Å². The molecule has 0 saturated carbocycles. The van der Waals surface area contributed by atoms with Crippen LogP contribution in [-0.4, -0.2) is 29.2 Å². The van der Waals surface area contributed by atoms with Crippen molar-refractivity contribution < 1.29 is 22.3 Å². The van der Waals surface area contributed by atoms with Crippen LogP contribution >= 0.6 is 0 Å². The molecule has 130 valence electrons. The van der Waals surface area contributed by atoms with Crippen molar-refractivity contribution in [1.82, 2.24) is 4.72 Å².